The van der Waals surface area contributed by atoms with Crippen LogP contribution in [-0.4, -0.2) is 24.5 Å². The minimum absolute atomic E-state index is 0.946. The first kappa shape index (κ1) is 8.55. The molecule has 70 valence electrons. The first-order valence-electron chi connectivity index (χ1n) is 5.58. The number of likely N-dealkylation sites (tertiary alicyclic amines) is 1. The molecule has 1 aliphatic carbocycles. The van der Waals surface area contributed by atoms with E-state index in [0.717, 1.165) is 12.0 Å². The largest absolute Gasteiger partial charge is 0.303 e. The molecule has 0 N–H and O–H groups in total. The third kappa shape index (κ3) is 1.66. The molecular formula is C11H21N. The number of piperidine rings is 1. The summed E-state index contributed by atoms with van der Waals surface area (Å²) < 4.78 is 0. The summed E-state index contributed by atoms with van der Waals surface area (Å²) in [5.74, 6) is 1.05. The topological polar surface area (TPSA) is 3.24 Å². The summed E-state index contributed by atoms with van der Waals surface area (Å²) in [6.07, 6.45) is 10.4. The Balaban J connectivity index is 2.00. The fourth-order valence-corrected chi connectivity index (χ4v) is 3.05. The molecule has 12 heavy (non-hydrogen) atoms. The lowest BCUT2D eigenvalue weighted by molar-refractivity contribution is 0.114. The highest BCUT2D eigenvalue weighted by Crippen LogP contribution is 2.33. The van der Waals surface area contributed by atoms with Crippen molar-refractivity contribution in [2.75, 3.05) is 13.6 Å². The van der Waals surface area contributed by atoms with Gasteiger partial charge in [-0.15, -0.1) is 0 Å². The molecule has 2 aliphatic rings. The van der Waals surface area contributed by atoms with Crippen molar-refractivity contribution in [3.8, 4) is 0 Å². The molecule has 2 rings (SSSR count). The zero-order valence-electron chi connectivity index (χ0n) is 8.26. The fraction of sp³-hybridized carbons (Fsp3) is 1.00. The lowest BCUT2D eigenvalue weighted by Gasteiger charge is -2.38. The lowest BCUT2D eigenvalue weighted by Crippen LogP contribution is -2.41. The maximum absolute atomic E-state index is 2.61. The van der Waals surface area contributed by atoms with Crippen LogP contribution in [0.1, 0.15) is 44.9 Å². The average molecular weight is 167 g/mol. The van der Waals surface area contributed by atoms with Crippen molar-refractivity contribution in [3.05, 3.63) is 0 Å². The standard InChI is InChI=1S/C11H21N/c1-12-9-5-7-10-6-3-2-4-8-11(10)12/h10-11H,2-9H2,1H3/t10-,11?/m1/s1. The second-order valence-electron chi connectivity index (χ2n) is 4.59. The van der Waals surface area contributed by atoms with Gasteiger partial charge in [-0.25, -0.2) is 0 Å². The third-order valence-electron chi connectivity index (χ3n) is 3.77. The summed E-state index contributed by atoms with van der Waals surface area (Å²) in [6.45, 7) is 1.35. The van der Waals surface area contributed by atoms with Crippen LogP contribution in [0.3, 0.4) is 0 Å². The van der Waals surface area contributed by atoms with Crippen LogP contribution in [-0.2, 0) is 0 Å². The van der Waals surface area contributed by atoms with E-state index in [2.05, 4.69) is 11.9 Å². The predicted molar refractivity (Wildman–Crippen MR) is 52.2 cm³/mol. The van der Waals surface area contributed by atoms with Crippen molar-refractivity contribution in [1.82, 2.24) is 4.90 Å². The van der Waals surface area contributed by atoms with E-state index < -0.39 is 0 Å². The van der Waals surface area contributed by atoms with E-state index in [9.17, 15) is 0 Å². The second-order valence-corrected chi connectivity index (χ2v) is 4.59. The van der Waals surface area contributed by atoms with Gasteiger partial charge in [-0.2, -0.15) is 0 Å². The van der Waals surface area contributed by atoms with Gasteiger partial charge in [0.05, 0.1) is 0 Å². The molecule has 1 aliphatic heterocycles. The molecule has 1 heterocycles. The van der Waals surface area contributed by atoms with Gasteiger partial charge in [0.1, 0.15) is 0 Å². The van der Waals surface area contributed by atoms with Crippen molar-refractivity contribution in [1.29, 1.82) is 0 Å². The first-order chi connectivity index (χ1) is 5.88. The molecular weight excluding hydrogens is 146 g/mol. The van der Waals surface area contributed by atoms with Crippen molar-refractivity contribution in [2.45, 2.75) is 51.0 Å². The van der Waals surface area contributed by atoms with E-state index in [-0.39, 0.29) is 0 Å². The van der Waals surface area contributed by atoms with E-state index >= 15 is 0 Å². The Morgan fingerprint density at radius 1 is 0.917 bits per heavy atom. The molecule has 1 saturated carbocycles. The minimum Gasteiger partial charge on any atom is -0.303 e. The first-order valence-corrected chi connectivity index (χ1v) is 5.58. The number of hydrogen-bond donors (Lipinski definition) is 0. The molecule has 1 heteroatoms. The predicted octanol–water partition coefficient (Wildman–Crippen LogP) is 2.66. The summed E-state index contributed by atoms with van der Waals surface area (Å²) >= 11 is 0. The van der Waals surface area contributed by atoms with Crippen LogP contribution in [0.2, 0.25) is 0 Å². The van der Waals surface area contributed by atoms with Crippen LogP contribution in [0.15, 0.2) is 0 Å². The number of fused-ring (bicyclic) bond motifs is 1. The average Bonchev–Trinajstić information content (AvgIpc) is 2.30. The van der Waals surface area contributed by atoms with Gasteiger partial charge in [-0.3, -0.25) is 0 Å². The molecule has 1 unspecified atom stereocenters. The van der Waals surface area contributed by atoms with Crippen LogP contribution >= 0.6 is 0 Å². The molecule has 0 aromatic carbocycles. The summed E-state index contributed by atoms with van der Waals surface area (Å²) in [6, 6.07) is 0.946. The molecule has 0 aromatic rings. The summed E-state index contributed by atoms with van der Waals surface area (Å²) in [4.78, 5) is 2.61. The SMILES string of the molecule is CN1CCC[C@H]2CCCCCC21. The normalized spacial score (nSPS) is 38.8. The van der Waals surface area contributed by atoms with Crippen LogP contribution in [0.25, 0.3) is 0 Å². The highest BCUT2D eigenvalue weighted by molar-refractivity contribution is 4.84. The van der Waals surface area contributed by atoms with Crippen molar-refractivity contribution >= 4 is 0 Å². The Bertz CT molecular complexity index is 144. The van der Waals surface area contributed by atoms with Crippen LogP contribution in [0.5, 0.6) is 0 Å². The lowest BCUT2D eigenvalue weighted by atomic mass is 9.86. The number of rotatable bonds is 0. The van der Waals surface area contributed by atoms with Crippen molar-refractivity contribution in [3.63, 3.8) is 0 Å². The molecule has 0 radical (unpaired) electrons. The van der Waals surface area contributed by atoms with Gasteiger partial charge in [0.15, 0.2) is 0 Å². The molecule has 1 nitrogen and oxygen atoms in total. The molecule has 0 amide bonds. The summed E-state index contributed by atoms with van der Waals surface area (Å²) in [5, 5.41) is 0. The molecule has 1 saturated heterocycles. The van der Waals surface area contributed by atoms with E-state index in [0.29, 0.717) is 0 Å². The van der Waals surface area contributed by atoms with Gasteiger partial charge in [0, 0.05) is 6.04 Å². The molecule has 2 fully saturated rings. The molecule has 2 atom stereocenters. The fourth-order valence-electron chi connectivity index (χ4n) is 3.05. The second kappa shape index (κ2) is 3.78. The number of nitrogens with zero attached hydrogens (tertiary/aromatic N) is 1. The smallest absolute Gasteiger partial charge is 0.0120 e. The highest BCUT2D eigenvalue weighted by atomic mass is 15.1. The molecule has 0 spiro atoms. The quantitative estimate of drug-likeness (QED) is 0.536. The summed E-state index contributed by atoms with van der Waals surface area (Å²) in [5.41, 5.74) is 0. The van der Waals surface area contributed by atoms with E-state index in [4.69, 9.17) is 0 Å². The Morgan fingerprint density at radius 2 is 1.67 bits per heavy atom. The molecule has 0 bridgehead atoms. The van der Waals surface area contributed by atoms with E-state index in [1.165, 1.54) is 51.5 Å². The van der Waals surface area contributed by atoms with E-state index in [1.807, 2.05) is 0 Å². The van der Waals surface area contributed by atoms with Crippen LogP contribution < -0.4 is 0 Å². The Morgan fingerprint density at radius 3 is 2.58 bits per heavy atom. The van der Waals surface area contributed by atoms with Crippen molar-refractivity contribution < 1.29 is 0 Å². The maximum Gasteiger partial charge on any atom is 0.0120 e. The monoisotopic (exact) mass is 167 g/mol. The minimum atomic E-state index is 0.946. The molecule has 0 aromatic heterocycles. The zero-order chi connectivity index (χ0) is 8.39. The van der Waals surface area contributed by atoms with Gasteiger partial charge in [0.2, 0.25) is 0 Å². The van der Waals surface area contributed by atoms with Gasteiger partial charge in [-0.1, -0.05) is 19.3 Å². The zero-order valence-corrected chi connectivity index (χ0v) is 8.26. The van der Waals surface area contributed by atoms with Crippen LogP contribution in [0.4, 0.5) is 0 Å². The Labute approximate surface area is 76.1 Å². The Hall–Kier alpha value is -0.0400. The highest BCUT2D eigenvalue weighted by Gasteiger charge is 2.29. The number of hydrogen-bond acceptors (Lipinski definition) is 1. The van der Waals surface area contributed by atoms with Gasteiger partial charge in [0.25, 0.3) is 0 Å². The van der Waals surface area contributed by atoms with Crippen LogP contribution in [0, 0.1) is 5.92 Å². The maximum atomic E-state index is 2.61. The Kier molecular flexibility index (Phi) is 2.69. The third-order valence-corrected chi connectivity index (χ3v) is 3.77. The van der Waals surface area contributed by atoms with Gasteiger partial charge in [-0.05, 0) is 45.2 Å². The van der Waals surface area contributed by atoms with Gasteiger partial charge >= 0.3 is 0 Å². The van der Waals surface area contributed by atoms with E-state index in [1.54, 1.807) is 0 Å². The van der Waals surface area contributed by atoms with Gasteiger partial charge < -0.3 is 4.90 Å². The van der Waals surface area contributed by atoms with Crippen molar-refractivity contribution in [2.24, 2.45) is 5.92 Å². The summed E-state index contributed by atoms with van der Waals surface area (Å²) in [7, 11) is 2.32.